The van der Waals surface area contributed by atoms with E-state index in [1.807, 2.05) is 0 Å². The number of carbonyl (C=O) groups is 1. The van der Waals surface area contributed by atoms with E-state index in [2.05, 4.69) is 15.9 Å². The molecule has 2 unspecified atom stereocenters. The molecule has 1 amide bonds. The Morgan fingerprint density at radius 1 is 1.52 bits per heavy atom. The number of sulfonamides is 1. The van der Waals surface area contributed by atoms with Gasteiger partial charge < -0.3 is 15.6 Å². The first kappa shape index (κ1) is 16.2. The molecule has 0 bridgehead atoms. The molecule has 7 nitrogen and oxygen atoms in total. The van der Waals surface area contributed by atoms with E-state index in [1.165, 1.54) is 19.2 Å². The highest BCUT2D eigenvalue weighted by molar-refractivity contribution is 9.10. The molecule has 0 spiro atoms. The van der Waals surface area contributed by atoms with E-state index in [1.54, 1.807) is 6.07 Å². The van der Waals surface area contributed by atoms with Gasteiger partial charge in [-0.1, -0.05) is 15.9 Å². The number of methoxy groups -OCH3 is 1. The first-order chi connectivity index (χ1) is 9.77. The third-order valence-electron chi connectivity index (χ3n) is 3.27. The minimum atomic E-state index is -4.01. The van der Waals surface area contributed by atoms with E-state index >= 15 is 0 Å². The van der Waals surface area contributed by atoms with Crippen molar-refractivity contribution in [1.82, 2.24) is 4.31 Å². The number of amides is 1. The molecule has 3 N–H and O–H groups in total. The van der Waals surface area contributed by atoms with Crippen LogP contribution in [0.15, 0.2) is 27.6 Å². The molecule has 1 saturated heterocycles. The van der Waals surface area contributed by atoms with Gasteiger partial charge in [0.1, 0.15) is 16.7 Å². The molecule has 0 aromatic heterocycles. The van der Waals surface area contributed by atoms with Crippen LogP contribution in [0.2, 0.25) is 0 Å². The smallest absolute Gasteiger partial charge is 0.247 e. The van der Waals surface area contributed by atoms with Gasteiger partial charge in [0.15, 0.2) is 0 Å². The number of benzene rings is 1. The molecule has 1 aromatic rings. The van der Waals surface area contributed by atoms with E-state index in [4.69, 9.17) is 10.5 Å². The highest BCUT2D eigenvalue weighted by Gasteiger charge is 2.43. The summed E-state index contributed by atoms with van der Waals surface area (Å²) in [6.45, 7) is -0.175. The molecule has 1 aromatic carbocycles. The van der Waals surface area contributed by atoms with Crippen LogP contribution in [0.5, 0.6) is 5.75 Å². The summed E-state index contributed by atoms with van der Waals surface area (Å²) in [6, 6.07) is 3.47. The number of aliphatic hydroxyl groups excluding tert-OH is 1. The van der Waals surface area contributed by atoms with Crippen molar-refractivity contribution >= 4 is 31.9 Å². The number of nitrogens with zero attached hydrogens (tertiary/aromatic N) is 1. The number of β-amino-alcohol motifs (C(OH)–C–C–N with tert-alkyl or cyclic N) is 1. The molecule has 1 fully saturated rings. The predicted molar refractivity (Wildman–Crippen MR) is 78.2 cm³/mol. The third kappa shape index (κ3) is 3.05. The number of hydrogen-bond donors (Lipinski definition) is 2. The fraction of sp³-hybridized carbons (Fsp3) is 0.417. The summed E-state index contributed by atoms with van der Waals surface area (Å²) < 4.78 is 32.0. The van der Waals surface area contributed by atoms with Crippen LogP contribution in [0.3, 0.4) is 0 Å². The van der Waals surface area contributed by atoms with Gasteiger partial charge in [-0.3, -0.25) is 4.79 Å². The molecule has 1 aliphatic rings. The van der Waals surface area contributed by atoms with Crippen molar-refractivity contribution in [2.45, 2.75) is 23.5 Å². The Kier molecular flexibility index (Phi) is 4.57. The largest absolute Gasteiger partial charge is 0.495 e. The first-order valence-electron chi connectivity index (χ1n) is 6.10. The van der Waals surface area contributed by atoms with Crippen LogP contribution >= 0.6 is 15.9 Å². The maximum atomic E-state index is 12.7. The number of primary amides is 1. The average molecular weight is 379 g/mol. The number of nitrogens with two attached hydrogens (primary N) is 1. The molecule has 1 heterocycles. The van der Waals surface area contributed by atoms with Gasteiger partial charge in [0.2, 0.25) is 15.9 Å². The number of aliphatic hydroxyl groups is 1. The van der Waals surface area contributed by atoms with Gasteiger partial charge in [-0.15, -0.1) is 0 Å². The predicted octanol–water partition coefficient (Wildman–Crippen LogP) is 0.0669. The second-order valence-corrected chi connectivity index (χ2v) is 7.45. The lowest BCUT2D eigenvalue weighted by Crippen LogP contribution is -2.43. The van der Waals surface area contributed by atoms with Gasteiger partial charge in [-0.25, -0.2) is 8.42 Å². The maximum absolute atomic E-state index is 12.7. The normalized spacial score (nSPS) is 23.2. The number of hydrogen-bond acceptors (Lipinski definition) is 5. The van der Waals surface area contributed by atoms with Crippen LogP contribution in [0.25, 0.3) is 0 Å². The second kappa shape index (κ2) is 5.91. The topological polar surface area (TPSA) is 110 Å². The molecule has 2 atom stereocenters. The Morgan fingerprint density at radius 2 is 2.19 bits per heavy atom. The van der Waals surface area contributed by atoms with Gasteiger partial charge in [0, 0.05) is 17.4 Å². The van der Waals surface area contributed by atoms with E-state index in [0.29, 0.717) is 4.47 Å². The quantitative estimate of drug-likeness (QED) is 0.769. The SMILES string of the molecule is COc1ccc(Br)cc1S(=O)(=O)N1CC(O)CC1C(N)=O. The molecular formula is C12H15BrN2O5S. The monoisotopic (exact) mass is 378 g/mol. The van der Waals surface area contributed by atoms with Crippen LogP contribution in [0.4, 0.5) is 0 Å². The zero-order valence-electron chi connectivity index (χ0n) is 11.2. The molecule has 0 aliphatic carbocycles. The van der Waals surface area contributed by atoms with Gasteiger partial charge in [0.25, 0.3) is 0 Å². The van der Waals surface area contributed by atoms with E-state index in [9.17, 15) is 18.3 Å². The summed E-state index contributed by atoms with van der Waals surface area (Å²) in [4.78, 5) is 11.3. The number of ether oxygens (including phenoxy) is 1. The molecule has 0 saturated carbocycles. The van der Waals surface area contributed by atoms with Crippen LogP contribution in [0.1, 0.15) is 6.42 Å². The highest BCUT2D eigenvalue weighted by Crippen LogP contribution is 2.33. The minimum absolute atomic E-state index is 0.00905. The van der Waals surface area contributed by atoms with E-state index < -0.39 is 28.1 Å². The van der Waals surface area contributed by atoms with E-state index in [0.717, 1.165) is 4.31 Å². The third-order valence-corrected chi connectivity index (χ3v) is 5.66. The molecule has 116 valence electrons. The Balaban J connectivity index is 2.51. The number of rotatable bonds is 4. The summed E-state index contributed by atoms with van der Waals surface area (Å²) in [7, 11) is -2.66. The Morgan fingerprint density at radius 3 is 2.76 bits per heavy atom. The highest BCUT2D eigenvalue weighted by atomic mass is 79.9. The van der Waals surface area contributed by atoms with Crippen LogP contribution in [-0.4, -0.2) is 49.5 Å². The Bertz CT molecular complexity index is 664. The van der Waals surface area contributed by atoms with Crippen molar-refractivity contribution in [3.8, 4) is 5.75 Å². The lowest BCUT2D eigenvalue weighted by atomic mass is 10.2. The minimum Gasteiger partial charge on any atom is -0.495 e. The first-order valence-corrected chi connectivity index (χ1v) is 8.33. The molecule has 21 heavy (non-hydrogen) atoms. The zero-order chi connectivity index (χ0) is 15.8. The fourth-order valence-electron chi connectivity index (χ4n) is 2.29. The van der Waals surface area contributed by atoms with Gasteiger partial charge in [0.05, 0.1) is 13.2 Å². The van der Waals surface area contributed by atoms with Crippen molar-refractivity contribution in [3.63, 3.8) is 0 Å². The summed E-state index contributed by atoms with van der Waals surface area (Å²) >= 11 is 3.20. The van der Waals surface area contributed by atoms with Crippen molar-refractivity contribution in [1.29, 1.82) is 0 Å². The number of carbonyl (C=O) groups excluding carboxylic acids is 1. The molecule has 1 aliphatic heterocycles. The lowest BCUT2D eigenvalue weighted by Gasteiger charge is -2.22. The fourth-order valence-corrected chi connectivity index (χ4v) is 4.63. The average Bonchev–Trinajstić information content (AvgIpc) is 2.82. The summed E-state index contributed by atoms with van der Waals surface area (Å²) in [5.74, 6) is -0.633. The molecular weight excluding hydrogens is 364 g/mol. The summed E-state index contributed by atoms with van der Waals surface area (Å²) in [5.41, 5.74) is 5.23. The van der Waals surface area contributed by atoms with Crippen molar-refractivity contribution in [2.24, 2.45) is 5.73 Å². The lowest BCUT2D eigenvalue weighted by molar-refractivity contribution is -0.121. The Hall–Kier alpha value is -1.16. The summed E-state index contributed by atoms with van der Waals surface area (Å²) in [6.07, 6.45) is -0.930. The van der Waals surface area contributed by atoms with Crippen LogP contribution in [0, 0.1) is 0 Å². The number of halogens is 1. The summed E-state index contributed by atoms with van der Waals surface area (Å²) in [5, 5.41) is 9.66. The van der Waals surface area contributed by atoms with Crippen molar-refractivity contribution in [3.05, 3.63) is 22.7 Å². The molecule has 2 rings (SSSR count). The molecule has 9 heteroatoms. The van der Waals surface area contributed by atoms with Crippen molar-refractivity contribution < 1.29 is 23.1 Å². The molecule has 0 radical (unpaired) electrons. The van der Waals surface area contributed by atoms with Gasteiger partial charge in [-0.05, 0) is 18.2 Å². The van der Waals surface area contributed by atoms with Gasteiger partial charge >= 0.3 is 0 Å². The van der Waals surface area contributed by atoms with Crippen LogP contribution in [-0.2, 0) is 14.8 Å². The standard InChI is InChI=1S/C12H15BrN2O5S/c1-20-10-3-2-7(13)4-11(10)21(18,19)15-6-8(16)5-9(15)12(14)17/h2-4,8-9,16H,5-6H2,1H3,(H2,14,17). The van der Waals surface area contributed by atoms with Crippen molar-refractivity contribution in [2.75, 3.05) is 13.7 Å². The second-order valence-electron chi connectivity index (χ2n) is 4.68. The zero-order valence-corrected chi connectivity index (χ0v) is 13.6. The Labute approximate surface area is 130 Å². The van der Waals surface area contributed by atoms with Gasteiger partial charge in [-0.2, -0.15) is 4.31 Å². The maximum Gasteiger partial charge on any atom is 0.247 e. The van der Waals surface area contributed by atoms with E-state index in [-0.39, 0.29) is 23.6 Å². The van der Waals surface area contributed by atoms with Crippen LogP contribution < -0.4 is 10.5 Å².